The van der Waals surface area contributed by atoms with E-state index in [4.69, 9.17) is 9.94 Å². The van der Waals surface area contributed by atoms with Crippen LogP contribution in [0.5, 0.6) is 0 Å². The van der Waals surface area contributed by atoms with Crippen LogP contribution in [-0.2, 0) is 11.3 Å². The average Bonchev–Trinajstić information content (AvgIpc) is 2.73. The minimum Gasteiger partial charge on any atom is -0.411 e. The molecule has 1 heterocycles. The highest BCUT2D eigenvalue weighted by molar-refractivity contribution is 7.09. The SMILES string of the molecule is Cc1nc(COC2CCC(=NO)CC2)cs1. The van der Waals surface area contributed by atoms with Gasteiger partial charge >= 0.3 is 0 Å². The lowest BCUT2D eigenvalue weighted by Crippen LogP contribution is -2.21. The standard InChI is InChI=1S/C11H16N2O2S/c1-8-12-10(7-16-8)6-15-11-4-2-9(13-14)3-5-11/h7,11,14H,2-6H2,1H3. The summed E-state index contributed by atoms with van der Waals surface area (Å²) < 4.78 is 5.78. The van der Waals surface area contributed by atoms with E-state index in [0.29, 0.717) is 6.61 Å². The Morgan fingerprint density at radius 1 is 1.56 bits per heavy atom. The Labute approximate surface area is 99.0 Å². The lowest BCUT2D eigenvalue weighted by Gasteiger charge is -2.22. The van der Waals surface area contributed by atoms with Crippen LogP contribution in [0.15, 0.2) is 10.5 Å². The van der Waals surface area contributed by atoms with E-state index in [1.165, 1.54) is 0 Å². The summed E-state index contributed by atoms with van der Waals surface area (Å²) in [4.78, 5) is 4.36. The largest absolute Gasteiger partial charge is 0.411 e. The van der Waals surface area contributed by atoms with Crippen LogP contribution < -0.4 is 0 Å². The number of hydrogen-bond acceptors (Lipinski definition) is 5. The Bertz CT molecular complexity index is 366. The molecule has 1 aromatic heterocycles. The molecule has 0 radical (unpaired) electrons. The fraction of sp³-hybridized carbons (Fsp3) is 0.636. The molecule has 0 bridgehead atoms. The normalized spacial score (nSPS) is 21.1. The summed E-state index contributed by atoms with van der Waals surface area (Å²) in [6, 6.07) is 0. The Kier molecular flexibility index (Phi) is 3.90. The summed E-state index contributed by atoms with van der Waals surface area (Å²) in [5.41, 5.74) is 1.91. The molecule has 0 spiro atoms. The maximum atomic E-state index is 8.63. The van der Waals surface area contributed by atoms with Crippen molar-refractivity contribution in [2.75, 3.05) is 0 Å². The maximum absolute atomic E-state index is 8.63. The van der Waals surface area contributed by atoms with E-state index in [1.54, 1.807) is 11.3 Å². The summed E-state index contributed by atoms with van der Waals surface area (Å²) >= 11 is 1.65. The smallest absolute Gasteiger partial charge is 0.0900 e. The van der Waals surface area contributed by atoms with Crippen LogP contribution in [0.3, 0.4) is 0 Å². The van der Waals surface area contributed by atoms with Gasteiger partial charge in [-0.3, -0.25) is 0 Å². The number of ether oxygens (including phenoxy) is 1. The van der Waals surface area contributed by atoms with Crippen LogP contribution in [-0.4, -0.2) is 22.0 Å². The summed E-state index contributed by atoms with van der Waals surface area (Å²) in [6.45, 7) is 2.60. The van der Waals surface area contributed by atoms with Gasteiger partial charge in [-0.15, -0.1) is 11.3 Å². The first-order chi connectivity index (χ1) is 7.78. The molecule has 0 aromatic carbocycles. The highest BCUT2D eigenvalue weighted by atomic mass is 32.1. The summed E-state index contributed by atoms with van der Waals surface area (Å²) in [6.07, 6.45) is 3.87. The van der Waals surface area contributed by atoms with Crippen molar-refractivity contribution in [3.63, 3.8) is 0 Å². The molecule has 1 N–H and O–H groups in total. The van der Waals surface area contributed by atoms with Crippen molar-refractivity contribution in [2.24, 2.45) is 5.16 Å². The van der Waals surface area contributed by atoms with E-state index in [9.17, 15) is 0 Å². The van der Waals surface area contributed by atoms with E-state index in [2.05, 4.69) is 10.1 Å². The molecule has 4 nitrogen and oxygen atoms in total. The van der Waals surface area contributed by atoms with Crippen molar-refractivity contribution in [1.82, 2.24) is 4.98 Å². The molecule has 5 heteroatoms. The molecule has 16 heavy (non-hydrogen) atoms. The van der Waals surface area contributed by atoms with Crippen LogP contribution in [0.4, 0.5) is 0 Å². The molecule has 1 aliphatic carbocycles. The van der Waals surface area contributed by atoms with Gasteiger partial charge in [0.05, 0.1) is 29.1 Å². The van der Waals surface area contributed by atoms with Crippen molar-refractivity contribution >= 4 is 17.0 Å². The van der Waals surface area contributed by atoms with Gasteiger partial charge in [0.15, 0.2) is 0 Å². The maximum Gasteiger partial charge on any atom is 0.0900 e. The number of nitrogens with zero attached hydrogens (tertiary/aromatic N) is 2. The average molecular weight is 240 g/mol. The Hall–Kier alpha value is -0.940. The van der Waals surface area contributed by atoms with E-state index >= 15 is 0 Å². The predicted molar refractivity (Wildman–Crippen MR) is 63.1 cm³/mol. The zero-order valence-electron chi connectivity index (χ0n) is 9.35. The van der Waals surface area contributed by atoms with Crippen LogP contribution in [0, 0.1) is 6.92 Å². The number of hydrogen-bond donors (Lipinski definition) is 1. The molecule has 1 aliphatic rings. The molecule has 88 valence electrons. The first kappa shape index (κ1) is 11.5. The molecular formula is C11H16N2O2S. The van der Waals surface area contributed by atoms with Crippen molar-refractivity contribution in [2.45, 2.75) is 45.3 Å². The second-order valence-corrected chi connectivity index (χ2v) is 5.10. The van der Waals surface area contributed by atoms with Gasteiger partial charge in [-0.1, -0.05) is 5.16 Å². The van der Waals surface area contributed by atoms with Gasteiger partial charge in [0.2, 0.25) is 0 Å². The van der Waals surface area contributed by atoms with Crippen LogP contribution in [0.25, 0.3) is 0 Å². The minimum absolute atomic E-state index is 0.285. The van der Waals surface area contributed by atoms with E-state index in [1.807, 2.05) is 12.3 Å². The monoisotopic (exact) mass is 240 g/mol. The molecule has 0 amide bonds. The number of oxime groups is 1. The van der Waals surface area contributed by atoms with E-state index in [0.717, 1.165) is 42.1 Å². The first-order valence-corrected chi connectivity index (χ1v) is 6.38. The lowest BCUT2D eigenvalue weighted by atomic mass is 9.96. The lowest BCUT2D eigenvalue weighted by molar-refractivity contribution is 0.0262. The van der Waals surface area contributed by atoms with Crippen molar-refractivity contribution in [3.05, 3.63) is 16.1 Å². The van der Waals surface area contributed by atoms with Gasteiger partial charge in [-0.2, -0.15) is 0 Å². The number of thiazole rings is 1. The van der Waals surface area contributed by atoms with E-state index < -0.39 is 0 Å². The van der Waals surface area contributed by atoms with Crippen molar-refractivity contribution in [3.8, 4) is 0 Å². The first-order valence-electron chi connectivity index (χ1n) is 5.50. The predicted octanol–water partition coefficient (Wildman–Crippen LogP) is 2.74. The number of aromatic nitrogens is 1. The Morgan fingerprint density at radius 3 is 2.88 bits per heavy atom. The zero-order valence-corrected chi connectivity index (χ0v) is 10.2. The van der Waals surface area contributed by atoms with Gasteiger partial charge in [0.1, 0.15) is 0 Å². The van der Waals surface area contributed by atoms with Gasteiger partial charge < -0.3 is 9.94 Å². The molecule has 0 aliphatic heterocycles. The fourth-order valence-corrected chi connectivity index (χ4v) is 2.47. The fourth-order valence-electron chi connectivity index (χ4n) is 1.87. The van der Waals surface area contributed by atoms with Crippen LogP contribution in [0.2, 0.25) is 0 Å². The molecule has 0 unspecified atom stereocenters. The van der Waals surface area contributed by atoms with Gasteiger partial charge in [0.25, 0.3) is 0 Å². The quantitative estimate of drug-likeness (QED) is 0.653. The second-order valence-electron chi connectivity index (χ2n) is 4.03. The second kappa shape index (κ2) is 5.41. The highest BCUT2D eigenvalue weighted by Crippen LogP contribution is 2.20. The summed E-state index contributed by atoms with van der Waals surface area (Å²) in [5.74, 6) is 0. The highest BCUT2D eigenvalue weighted by Gasteiger charge is 2.18. The van der Waals surface area contributed by atoms with E-state index in [-0.39, 0.29) is 6.10 Å². The molecule has 1 fully saturated rings. The number of rotatable bonds is 3. The number of aryl methyl sites for hydroxylation is 1. The third-order valence-electron chi connectivity index (χ3n) is 2.78. The molecule has 2 rings (SSSR count). The third-order valence-corrected chi connectivity index (χ3v) is 3.61. The summed E-state index contributed by atoms with van der Waals surface area (Å²) in [7, 11) is 0. The third kappa shape index (κ3) is 3.02. The van der Waals surface area contributed by atoms with Crippen molar-refractivity contribution < 1.29 is 9.94 Å². The van der Waals surface area contributed by atoms with Gasteiger partial charge in [0, 0.05) is 5.38 Å². The topological polar surface area (TPSA) is 54.7 Å². The molecule has 0 atom stereocenters. The van der Waals surface area contributed by atoms with Gasteiger partial charge in [-0.25, -0.2) is 4.98 Å². The van der Waals surface area contributed by atoms with Crippen molar-refractivity contribution in [1.29, 1.82) is 0 Å². The van der Waals surface area contributed by atoms with Crippen LogP contribution in [0.1, 0.15) is 36.4 Å². The molecular weight excluding hydrogens is 224 g/mol. The molecule has 1 aromatic rings. The molecule has 0 saturated heterocycles. The zero-order chi connectivity index (χ0) is 11.4. The van der Waals surface area contributed by atoms with Crippen LogP contribution >= 0.6 is 11.3 Å². The minimum atomic E-state index is 0.285. The Balaban J connectivity index is 1.75. The van der Waals surface area contributed by atoms with Gasteiger partial charge in [-0.05, 0) is 32.6 Å². The Morgan fingerprint density at radius 2 is 2.31 bits per heavy atom. The molecule has 1 saturated carbocycles. The summed E-state index contributed by atoms with van der Waals surface area (Å²) in [5, 5.41) is 15.0.